The van der Waals surface area contributed by atoms with Crippen molar-refractivity contribution in [2.45, 2.75) is 32.6 Å². The third-order valence-corrected chi connectivity index (χ3v) is 2.84. The van der Waals surface area contributed by atoms with E-state index in [2.05, 4.69) is 10.3 Å². The highest BCUT2D eigenvalue weighted by Gasteiger charge is 2.29. The number of rotatable bonds is 5. The molecule has 1 aromatic carbocycles. The molecule has 0 aliphatic heterocycles. The third kappa shape index (κ3) is 3.84. The maximum atomic E-state index is 12.4. The van der Waals surface area contributed by atoms with Gasteiger partial charge in [0.1, 0.15) is 5.76 Å². The van der Waals surface area contributed by atoms with Crippen LogP contribution in [-0.2, 0) is 25.7 Å². The molecule has 0 saturated carbocycles. The van der Waals surface area contributed by atoms with Crippen LogP contribution in [0.5, 0.6) is 0 Å². The van der Waals surface area contributed by atoms with E-state index in [0.29, 0.717) is 19.0 Å². The average Bonchev–Trinajstić information content (AvgIpc) is 2.86. The third-order valence-electron chi connectivity index (χ3n) is 2.84. The van der Waals surface area contributed by atoms with E-state index < -0.39 is 11.7 Å². The highest BCUT2D eigenvalue weighted by atomic mass is 19.4. The fraction of sp³-hybridized carbons (Fsp3) is 0.357. The predicted octanol–water partition coefficient (Wildman–Crippen LogP) is 3.55. The Hall–Kier alpha value is -1.82. The summed E-state index contributed by atoms with van der Waals surface area (Å²) < 4.78 is 42.6. The lowest BCUT2D eigenvalue weighted by Gasteiger charge is -2.07. The number of aromatic nitrogens is 1. The van der Waals surface area contributed by atoms with Crippen molar-refractivity contribution < 1.29 is 17.6 Å². The molecule has 0 spiro atoms. The fourth-order valence-corrected chi connectivity index (χ4v) is 1.72. The largest absolute Gasteiger partial charge is 0.444 e. The summed E-state index contributed by atoms with van der Waals surface area (Å²) in [7, 11) is 0. The van der Waals surface area contributed by atoms with Crippen molar-refractivity contribution in [3.05, 3.63) is 53.2 Å². The number of benzene rings is 1. The molecule has 0 radical (unpaired) electrons. The van der Waals surface area contributed by atoms with Crippen LogP contribution in [0.2, 0.25) is 0 Å². The minimum absolute atomic E-state index is 0.445. The SMILES string of the molecule is CCc1cnc(CNCc2ccc(C(F)(F)F)cc2)o1. The molecule has 0 unspecified atom stereocenters. The summed E-state index contributed by atoms with van der Waals surface area (Å²) in [5, 5.41) is 3.08. The predicted molar refractivity (Wildman–Crippen MR) is 67.9 cm³/mol. The second kappa shape index (κ2) is 6.09. The highest BCUT2D eigenvalue weighted by Crippen LogP contribution is 2.29. The van der Waals surface area contributed by atoms with Gasteiger partial charge in [-0.2, -0.15) is 13.2 Å². The van der Waals surface area contributed by atoms with Gasteiger partial charge in [-0.25, -0.2) is 4.98 Å². The summed E-state index contributed by atoms with van der Waals surface area (Å²) in [5.41, 5.74) is 0.141. The van der Waals surface area contributed by atoms with Gasteiger partial charge < -0.3 is 9.73 Å². The van der Waals surface area contributed by atoms with Gasteiger partial charge in [-0.1, -0.05) is 19.1 Å². The van der Waals surface area contributed by atoms with Crippen LogP contribution in [0.25, 0.3) is 0 Å². The van der Waals surface area contributed by atoms with Crippen molar-refractivity contribution in [2.75, 3.05) is 0 Å². The highest BCUT2D eigenvalue weighted by molar-refractivity contribution is 5.24. The molecule has 0 bridgehead atoms. The molecular formula is C14H15F3N2O. The Balaban J connectivity index is 1.85. The Labute approximate surface area is 114 Å². The number of aryl methyl sites for hydroxylation is 1. The maximum absolute atomic E-state index is 12.4. The molecule has 1 aromatic heterocycles. The zero-order valence-electron chi connectivity index (χ0n) is 11.0. The van der Waals surface area contributed by atoms with Crippen LogP contribution in [-0.4, -0.2) is 4.98 Å². The van der Waals surface area contributed by atoms with E-state index in [-0.39, 0.29) is 0 Å². The van der Waals surface area contributed by atoms with Gasteiger partial charge in [0.25, 0.3) is 0 Å². The van der Waals surface area contributed by atoms with Crippen LogP contribution < -0.4 is 5.32 Å². The second-order valence-corrected chi connectivity index (χ2v) is 4.37. The molecule has 3 nitrogen and oxygen atoms in total. The van der Waals surface area contributed by atoms with Gasteiger partial charge in [-0.15, -0.1) is 0 Å². The smallest absolute Gasteiger partial charge is 0.416 e. The Morgan fingerprint density at radius 2 is 1.85 bits per heavy atom. The lowest BCUT2D eigenvalue weighted by molar-refractivity contribution is -0.137. The monoisotopic (exact) mass is 284 g/mol. The van der Waals surface area contributed by atoms with Gasteiger partial charge in [0, 0.05) is 13.0 Å². The van der Waals surface area contributed by atoms with E-state index >= 15 is 0 Å². The van der Waals surface area contributed by atoms with Gasteiger partial charge >= 0.3 is 6.18 Å². The van der Waals surface area contributed by atoms with E-state index in [1.165, 1.54) is 12.1 Å². The van der Waals surface area contributed by atoms with E-state index in [1.807, 2.05) is 6.92 Å². The Morgan fingerprint density at radius 3 is 2.40 bits per heavy atom. The first-order chi connectivity index (χ1) is 9.49. The summed E-state index contributed by atoms with van der Waals surface area (Å²) in [6, 6.07) is 5.08. The molecule has 6 heteroatoms. The lowest BCUT2D eigenvalue weighted by Crippen LogP contribution is -2.13. The first kappa shape index (κ1) is 14.6. The first-order valence-electron chi connectivity index (χ1n) is 6.29. The topological polar surface area (TPSA) is 38.1 Å². The standard InChI is InChI=1S/C14H15F3N2O/c1-2-12-8-19-13(20-12)9-18-7-10-3-5-11(6-4-10)14(15,16)17/h3-6,8,18H,2,7,9H2,1H3. The maximum Gasteiger partial charge on any atom is 0.416 e. The van der Waals surface area contributed by atoms with Crippen molar-refractivity contribution >= 4 is 0 Å². The fourth-order valence-electron chi connectivity index (χ4n) is 1.72. The van der Waals surface area contributed by atoms with Gasteiger partial charge in [-0.05, 0) is 17.7 Å². The average molecular weight is 284 g/mol. The van der Waals surface area contributed by atoms with Crippen LogP contribution in [0.4, 0.5) is 13.2 Å². The van der Waals surface area contributed by atoms with Crippen LogP contribution >= 0.6 is 0 Å². The quantitative estimate of drug-likeness (QED) is 0.912. The van der Waals surface area contributed by atoms with Gasteiger partial charge in [-0.3, -0.25) is 0 Å². The summed E-state index contributed by atoms with van der Waals surface area (Å²) in [4.78, 5) is 4.09. The van der Waals surface area contributed by atoms with Gasteiger partial charge in [0.15, 0.2) is 0 Å². The minimum atomic E-state index is -4.29. The first-order valence-corrected chi connectivity index (χ1v) is 6.29. The van der Waals surface area contributed by atoms with Crippen molar-refractivity contribution in [3.63, 3.8) is 0 Å². The van der Waals surface area contributed by atoms with Crippen LogP contribution in [0.15, 0.2) is 34.9 Å². The normalized spacial score (nSPS) is 11.8. The molecule has 0 aliphatic carbocycles. The zero-order valence-corrected chi connectivity index (χ0v) is 11.0. The molecule has 2 rings (SSSR count). The van der Waals surface area contributed by atoms with E-state index in [1.54, 1.807) is 6.20 Å². The second-order valence-electron chi connectivity index (χ2n) is 4.37. The zero-order chi connectivity index (χ0) is 14.6. The summed E-state index contributed by atoms with van der Waals surface area (Å²) in [5.74, 6) is 1.39. The van der Waals surface area contributed by atoms with Crippen molar-refractivity contribution in [2.24, 2.45) is 0 Å². The molecule has 108 valence electrons. The molecule has 1 N–H and O–H groups in total. The summed E-state index contributed by atoms with van der Waals surface area (Å²) in [6.07, 6.45) is -1.83. The van der Waals surface area contributed by atoms with Gasteiger partial charge in [0.05, 0.1) is 18.3 Å². The van der Waals surface area contributed by atoms with Crippen LogP contribution in [0.3, 0.4) is 0 Å². The van der Waals surface area contributed by atoms with Crippen LogP contribution in [0, 0.1) is 0 Å². The molecule has 0 saturated heterocycles. The summed E-state index contributed by atoms with van der Waals surface area (Å²) >= 11 is 0. The number of nitrogens with zero attached hydrogens (tertiary/aromatic N) is 1. The van der Waals surface area contributed by atoms with E-state index in [4.69, 9.17) is 4.42 Å². The minimum Gasteiger partial charge on any atom is -0.444 e. The number of hydrogen-bond acceptors (Lipinski definition) is 3. The van der Waals surface area contributed by atoms with Crippen molar-refractivity contribution in [1.29, 1.82) is 0 Å². The Bertz CT molecular complexity index is 546. The molecule has 0 atom stereocenters. The Morgan fingerprint density at radius 1 is 1.15 bits per heavy atom. The number of oxazole rings is 1. The van der Waals surface area contributed by atoms with Gasteiger partial charge in [0.2, 0.25) is 5.89 Å². The van der Waals surface area contributed by atoms with Crippen LogP contribution in [0.1, 0.15) is 29.7 Å². The van der Waals surface area contributed by atoms with Crippen molar-refractivity contribution in [1.82, 2.24) is 10.3 Å². The van der Waals surface area contributed by atoms with Crippen molar-refractivity contribution in [3.8, 4) is 0 Å². The lowest BCUT2D eigenvalue weighted by atomic mass is 10.1. The van der Waals surface area contributed by atoms with E-state index in [9.17, 15) is 13.2 Å². The number of alkyl halides is 3. The molecule has 20 heavy (non-hydrogen) atoms. The summed E-state index contributed by atoms with van der Waals surface area (Å²) in [6.45, 7) is 2.88. The molecular weight excluding hydrogens is 269 g/mol. The molecule has 0 aliphatic rings. The molecule has 1 heterocycles. The number of nitrogens with one attached hydrogen (secondary N) is 1. The molecule has 2 aromatic rings. The van der Waals surface area contributed by atoms with E-state index in [0.717, 1.165) is 29.9 Å². The number of hydrogen-bond donors (Lipinski definition) is 1. The molecule has 0 fully saturated rings. The molecule has 0 amide bonds. The Kier molecular flexibility index (Phi) is 4.44. The number of halogens is 3.